The topological polar surface area (TPSA) is 36.4 Å². The second-order valence-electron chi connectivity index (χ2n) is 6.61. The molecule has 2 heterocycles. The molecule has 0 bridgehead atoms. The zero-order chi connectivity index (χ0) is 17.5. The summed E-state index contributed by atoms with van der Waals surface area (Å²) in [7, 11) is 0. The first-order chi connectivity index (χ1) is 12.3. The van der Waals surface area contributed by atoms with Gasteiger partial charge >= 0.3 is 0 Å². The number of rotatable bonds is 5. The molecule has 25 heavy (non-hydrogen) atoms. The Bertz CT molecular complexity index is 661. The van der Waals surface area contributed by atoms with Crippen LogP contribution in [0.2, 0.25) is 0 Å². The van der Waals surface area contributed by atoms with E-state index in [0.29, 0.717) is 5.69 Å². The van der Waals surface area contributed by atoms with E-state index < -0.39 is 0 Å². The molecule has 0 unspecified atom stereocenters. The Morgan fingerprint density at radius 1 is 1.04 bits per heavy atom. The molecule has 3 rings (SSSR count). The molecule has 1 aliphatic rings. The van der Waals surface area contributed by atoms with Crippen molar-refractivity contribution in [2.75, 3.05) is 24.5 Å². The summed E-state index contributed by atoms with van der Waals surface area (Å²) in [6.45, 7) is 5.60. The average molecular weight is 337 g/mol. The van der Waals surface area contributed by atoms with Crippen molar-refractivity contribution in [1.29, 1.82) is 0 Å². The van der Waals surface area contributed by atoms with Crippen LogP contribution in [0, 0.1) is 0 Å². The number of carbonyl (C=O) groups excluding carboxylic acids is 1. The van der Waals surface area contributed by atoms with Gasteiger partial charge in [0.05, 0.1) is 11.9 Å². The number of likely N-dealkylation sites (tertiary alicyclic amines) is 1. The minimum atomic E-state index is 0.0690. The van der Waals surface area contributed by atoms with Crippen LogP contribution < -0.4 is 4.90 Å². The Kier molecular flexibility index (Phi) is 6.04. The molecule has 0 radical (unpaired) electrons. The molecule has 0 atom stereocenters. The highest BCUT2D eigenvalue weighted by atomic mass is 16.2. The van der Waals surface area contributed by atoms with Gasteiger partial charge in [0.2, 0.25) is 0 Å². The lowest BCUT2D eigenvalue weighted by Crippen LogP contribution is -2.32. The summed E-state index contributed by atoms with van der Waals surface area (Å²) in [5.41, 5.74) is 2.88. The van der Waals surface area contributed by atoms with Crippen molar-refractivity contribution in [2.45, 2.75) is 39.2 Å². The van der Waals surface area contributed by atoms with E-state index in [2.05, 4.69) is 41.1 Å². The molecule has 1 aliphatic heterocycles. The zero-order valence-electron chi connectivity index (χ0n) is 15.0. The van der Waals surface area contributed by atoms with Gasteiger partial charge in [-0.25, -0.2) is 4.98 Å². The number of hydrogen-bond acceptors (Lipinski definition) is 3. The van der Waals surface area contributed by atoms with Gasteiger partial charge < -0.3 is 9.80 Å². The second-order valence-corrected chi connectivity index (χ2v) is 6.61. The number of pyridine rings is 1. The van der Waals surface area contributed by atoms with Gasteiger partial charge in [-0.1, -0.05) is 43.2 Å². The van der Waals surface area contributed by atoms with Crippen LogP contribution in [0.1, 0.15) is 48.7 Å². The quantitative estimate of drug-likeness (QED) is 0.823. The largest absolute Gasteiger partial charge is 0.366 e. The number of carbonyl (C=O) groups is 1. The van der Waals surface area contributed by atoms with E-state index in [4.69, 9.17) is 0 Å². The molecule has 4 nitrogen and oxygen atoms in total. The first-order valence-electron chi connectivity index (χ1n) is 9.32. The molecular weight excluding hydrogens is 310 g/mol. The van der Waals surface area contributed by atoms with Gasteiger partial charge in [-0.15, -0.1) is 0 Å². The first-order valence-corrected chi connectivity index (χ1v) is 9.32. The van der Waals surface area contributed by atoms with Gasteiger partial charge in [0, 0.05) is 26.2 Å². The standard InChI is InChI=1S/C21H27N3O/c1-2-23(17-18-10-6-5-7-11-18)19-12-13-20(22-16-19)21(25)24-14-8-3-4-9-15-24/h5-7,10-13,16H,2-4,8-9,14-15,17H2,1H3. The van der Waals surface area contributed by atoms with Crippen molar-refractivity contribution in [3.05, 3.63) is 59.9 Å². The van der Waals surface area contributed by atoms with Gasteiger partial charge in [-0.2, -0.15) is 0 Å². The van der Waals surface area contributed by atoms with E-state index in [1.807, 2.05) is 29.3 Å². The monoisotopic (exact) mass is 337 g/mol. The third kappa shape index (κ3) is 4.59. The van der Waals surface area contributed by atoms with E-state index in [9.17, 15) is 4.79 Å². The minimum absolute atomic E-state index is 0.0690. The fraction of sp³-hybridized carbons (Fsp3) is 0.429. The lowest BCUT2D eigenvalue weighted by molar-refractivity contribution is 0.0756. The van der Waals surface area contributed by atoms with Crippen LogP contribution >= 0.6 is 0 Å². The van der Waals surface area contributed by atoms with Crippen molar-refractivity contribution < 1.29 is 4.79 Å². The van der Waals surface area contributed by atoms with Crippen molar-refractivity contribution in [3.63, 3.8) is 0 Å². The maximum atomic E-state index is 12.6. The Balaban J connectivity index is 1.68. The van der Waals surface area contributed by atoms with E-state index in [0.717, 1.165) is 44.7 Å². The van der Waals surface area contributed by atoms with Crippen LogP contribution in [-0.2, 0) is 6.54 Å². The number of hydrogen-bond donors (Lipinski definition) is 0. The molecule has 1 aromatic carbocycles. The molecule has 2 aromatic rings. The summed E-state index contributed by atoms with van der Waals surface area (Å²) >= 11 is 0. The van der Waals surface area contributed by atoms with Crippen LogP contribution in [-0.4, -0.2) is 35.4 Å². The predicted molar refractivity (Wildman–Crippen MR) is 102 cm³/mol. The highest BCUT2D eigenvalue weighted by molar-refractivity contribution is 5.92. The Morgan fingerprint density at radius 3 is 2.36 bits per heavy atom. The molecule has 1 aromatic heterocycles. The van der Waals surface area contributed by atoms with Gasteiger partial charge in [-0.3, -0.25) is 4.79 Å². The van der Waals surface area contributed by atoms with E-state index >= 15 is 0 Å². The van der Waals surface area contributed by atoms with Crippen molar-refractivity contribution >= 4 is 11.6 Å². The third-order valence-electron chi connectivity index (χ3n) is 4.82. The molecule has 0 spiro atoms. The summed E-state index contributed by atoms with van der Waals surface area (Å²) in [5.74, 6) is 0.0690. The van der Waals surface area contributed by atoms with Crippen molar-refractivity contribution in [1.82, 2.24) is 9.88 Å². The summed E-state index contributed by atoms with van der Waals surface area (Å²) in [4.78, 5) is 21.3. The second kappa shape index (κ2) is 8.65. The smallest absolute Gasteiger partial charge is 0.272 e. The lowest BCUT2D eigenvalue weighted by atomic mass is 10.2. The highest BCUT2D eigenvalue weighted by Crippen LogP contribution is 2.18. The predicted octanol–water partition coefficient (Wildman–Crippen LogP) is 4.12. The Hall–Kier alpha value is -2.36. The van der Waals surface area contributed by atoms with Gasteiger partial charge in [-0.05, 0) is 37.5 Å². The molecule has 0 aliphatic carbocycles. The molecule has 132 valence electrons. The number of amides is 1. The van der Waals surface area contributed by atoms with Gasteiger partial charge in [0.1, 0.15) is 5.69 Å². The van der Waals surface area contributed by atoms with Gasteiger partial charge in [0.15, 0.2) is 0 Å². The molecule has 0 saturated carbocycles. The molecule has 1 fully saturated rings. The first kappa shape index (κ1) is 17.5. The van der Waals surface area contributed by atoms with Crippen molar-refractivity contribution in [3.8, 4) is 0 Å². The molecule has 1 amide bonds. The SMILES string of the molecule is CCN(Cc1ccccc1)c1ccc(C(=O)N2CCCCCC2)nc1. The molecule has 1 saturated heterocycles. The highest BCUT2D eigenvalue weighted by Gasteiger charge is 2.18. The zero-order valence-corrected chi connectivity index (χ0v) is 15.0. The van der Waals surface area contributed by atoms with E-state index in [1.165, 1.54) is 18.4 Å². The summed E-state index contributed by atoms with van der Waals surface area (Å²) < 4.78 is 0. The van der Waals surface area contributed by atoms with Crippen molar-refractivity contribution in [2.24, 2.45) is 0 Å². The minimum Gasteiger partial charge on any atom is -0.366 e. The van der Waals surface area contributed by atoms with Crippen LogP contribution in [0.25, 0.3) is 0 Å². The summed E-state index contributed by atoms with van der Waals surface area (Å²) in [6.07, 6.45) is 6.48. The third-order valence-corrected chi connectivity index (χ3v) is 4.82. The maximum Gasteiger partial charge on any atom is 0.272 e. The summed E-state index contributed by atoms with van der Waals surface area (Å²) in [6, 6.07) is 14.3. The maximum absolute atomic E-state index is 12.6. The molecular formula is C21H27N3O. The Morgan fingerprint density at radius 2 is 1.76 bits per heavy atom. The Labute approximate surface area is 150 Å². The fourth-order valence-electron chi connectivity index (χ4n) is 3.32. The lowest BCUT2D eigenvalue weighted by Gasteiger charge is -2.24. The van der Waals surface area contributed by atoms with E-state index in [-0.39, 0.29) is 5.91 Å². The normalized spacial score (nSPS) is 14.8. The van der Waals surface area contributed by atoms with Crippen LogP contribution in [0.15, 0.2) is 48.7 Å². The molecule has 0 N–H and O–H groups in total. The van der Waals surface area contributed by atoms with Crippen LogP contribution in [0.5, 0.6) is 0 Å². The number of aromatic nitrogens is 1. The van der Waals surface area contributed by atoms with Crippen LogP contribution in [0.4, 0.5) is 5.69 Å². The summed E-state index contributed by atoms with van der Waals surface area (Å²) in [5, 5.41) is 0. The average Bonchev–Trinajstić information content (AvgIpc) is 2.96. The van der Waals surface area contributed by atoms with Gasteiger partial charge in [0.25, 0.3) is 5.91 Å². The molecule has 4 heteroatoms. The number of benzene rings is 1. The van der Waals surface area contributed by atoms with Crippen LogP contribution in [0.3, 0.4) is 0 Å². The fourth-order valence-corrected chi connectivity index (χ4v) is 3.32. The number of nitrogens with zero attached hydrogens (tertiary/aromatic N) is 3. The number of anilines is 1. The van der Waals surface area contributed by atoms with E-state index in [1.54, 1.807) is 0 Å².